The summed E-state index contributed by atoms with van der Waals surface area (Å²) in [5, 5.41) is 0. The van der Waals surface area contributed by atoms with Crippen LogP contribution in [0.25, 0.3) is 0 Å². The van der Waals surface area contributed by atoms with Crippen LogP contribution >= 0.6 is 0 Å². The minimum Gasteiger partial charge on any atom is -0.388 e. The van der Waals surface area contributed by atoms with Crippen LogP contribution in [0.3, 0.4) is 0 Å². The zero-order valence-corrected chi connectivity index (χ0v) is 23.2. The van der Waals surface area contributed by atoms with E-state index in [9.17, 15) is 26.3 Å². The number of anilines is 1. The van der Waals surface area contributed by atoms with Crippen molar-refractivity contribution in [2.24, 2.45) is 0 Å². The highest BCUT2D eigenvalue weighted by Crippen LogP contribution is 2.32. The van der Waals surface area contributed by atoms with Crippen LogP contribution in [0.1, 0.15) is 66.2 Å². The van der Waals surface area contributed by atoms with Crippen LogP contribution in [-0.4, -0.2) is 36.0 Å². The van der Waals surface area contributed by atoms with E-state index in [1.54, 1.807) is 13.0 Å². The van der Waals surface area contributed by atoms with E-state index in [0.29, 0.717) is 12.0 Å². The normalized spacial score (nSPS) is 17.5. The quantitative estimate of drug-likeness (QED) is 0.267. The van der Waals surface area contributed by atoms with Crippen LogP contribution in [0.15, 0.2) is 76.6 Å². The van der Waals surface area contributed by atoms with Gasteiger partial charge in [-0.25, -0.2) is 0 Å². The topological polar surface area (TPSA) is 51.4 Å². The van der Waals surface area contributed by atoms with Gasteiger partial charge >= 0.3 is 12.5 Å². The molecule has 1 aromatic rings. The monoisotopic (exact) mass is 559 g/mol. The van der Waals surface area contributed by atoms with Gasteiger partial charge in [0.2, 0.25) is 5.88 Å². The first-order valence-electron chi connectivity index (χ1n) is 12.9. The van der Waals surface area contributed by atoms with Crippen molar-refractivity contribution in [2.75, 3.05) is 19.3 Å². The molecule has 218 valence electrons. The van der Waals surface area contributed by atoms with Crippen LogP contribution in [0.2, 0.25) is 0 Å². The Labute approximate surface area is 227 Å². The van der Waals surface area contributed by atoms with Gasteiger partial charge in [0.1, 0.15) is 5.82 Å². The standard InChI is InChI=1S/C23H34F3N.C6H5F3N2O/c1-6-12-19(16-20(13-7-2)23(24,25)26)22(18(4)8-3)17-21-14-10-9-11-15-27(21)5;7-6(8,9)12-5-3-1-2-4(10)11-5/h6,12-13,16-17H,7-11,14-15H2,1-5H3;1-3H,(H2,10,11)/b12-6-,19-16+,20-13-,21-17-,22-18?;. The number of likely N-dealkylation sites (tertiary alicyclic amines) is 1. The summed E-state index contributed by atoms with van der Waals surface area (Å²) in [5.74, 6) is -0.570. The molecule has 0 unspecified atom stereocenters. The van der Waals surface area contributed by atoms with E-state index < -0.39 is 24.0 Å². The maximum atomic E-state index is 13.5. The largest absolute Gasteiger partial charge is 0.574 e. The molecule has 0 bridgehead atoms. The molecule has 1 saturated heterocycles. The van der Waals surface area contributed by atoms with Gasteiger partial charge in [0.15, 0.2) is 0 Å². The van der Waals surface area contributed by atoms with Crippen molar-refractivity contribution < 1.29 is 31.1 Å². The maximum Gasteiger partial charge on any atom is 0.574 e. The number of aromatic nitrogens is 1. The predicted octanol–water partition coefficient (Wildman–Crippen LogP) is 9.07. The van der Waals surface area contributed by atoms with Crippen LogP contribution in [-0.2, 0) is 0 Å². The molecule has 1 aliphatic rings. The Hall–Kier alpha value is -3.17. The molecule has 39 heavy (non-hydrogen) atoms. The first kappa shape index (κ1) is 33.9. The summed E-state index contributed by atoms with van der Waals surface area (Å²) in [4.78, 5) is 5.54. The third kappa shape index (κ3) is 13.0. The number of halogens is 6. The van der Waals surface area contributed by atoms with Crippen molar-refractivity contribution in [2.45, 2.75) is 78.8 Å². The van der Waals surface area contributed by atoms with Gasteiger partial charge in [0.25, 0.3) is 0 Å². The van der Waals surface area contributed by atoms with E-state index in [0.717, 1.165) is 49.4 Å². The highest BCUT2D eigenvalue weighted by molar-refractivity contribution is 5.53. The molecule has 10 heteroatoms. The van der Waals surface area contributed by atoms with Gasteiger partial charge in [-0.05, 0) is 75.3 Å². The molecule has 0 saturated carbocycles. The number of rotatable bonds is 7. The summed E-state index contributed by atoms with van der Waals surface area (Å²) in [5.41, 5.74) is 8.38. The minimum atomic E-state index is -4.72. The molecule has 1 fully saturated rings. The molecule has 2 heterocycles. The fourth-order valence-electron chi connectivity index (χ4n) is 3.80. The third-order valence-corrected chi connectivity index (χ3v) is 5.90. The first-order valence-corrected chi connectivity index (χ1v) is 12.9. The molecule has 0 radical (unpaired) electrons. The molecule has 1 aliphatic heterocycles. The number of ether oxygens (including phenoxy) is 1. The number of allylic oxidation sites excluding steroid dienone is 10. The summed E-state index contributed by atoms with van der Waals surface area (Å²) in [6.45, 7) is 8.62. The second kappa shape index (κ2) is 16.1. The number of nitrogens with zero attached hydrogens (tertiary/aromatic N) is 2. The van der Waals surface area contributed by atoms with Crippen LogP contribution < -0.4 is 10.5 Å². The van der Waals surface area contributed by atoms with Gasteiger partial charge < -0.3 is 15.4 Å². The van der Waals surface area contributed by atoms with E-state index >= 15 is 0 Å². The Morgan fingerprint density at radius 3 is 2.33 bits per heavy atom. The third-order valence-electron chi connectivity index (χ3n) is 5.90. The SMILES string of the molecule is C\C=C/C(=C\C(=C\CC)C(F)(F)F)C(/C=C1/CCCCCN1C)=C(C)CC.Nc1cccc(OC(F)(F)F)n1. The van der Waals surface area contributed by atoms with E-state index in [4.69, 9.17) is 5.73 Å². The Bertz CT molecular complexity index is 1070. The van der Waals surface area contributed by atoms with E-state index in [2.05, 4.69) is 27.7 Å². The zero-order chi connectivity index (χ0) is 29.6. The highest BCUT2D eigenvalue weighted by Gasteiger charge is 2.32. The summed E-state index contributed by atoms with van der Waals surface area (Å²) < 4.78 is 78.6. The lowest BCUT2D eigenvalue weighted by atomic mass is 9.94. The van der Waals surface area contributed by atoms with Crippen molar-refractivity contribution >= 4 is 5.82 Å². The molecular formula is C29H39F6N3O. The molecular weight excluding hydrogens is 520 g/mol. The molecule has 2 rings (SSSR count). The summed E-state index contributed by atoms with van der Waals surface area (Å²) in [6.07, 6.45) is 4.80. The van der Waals surface area contributed by atoms with Gasteiger partial charge in [-0.1, -0.05) is 50.1 Å². The van der Waals surface area contributed by atoms with Gasteiger partial charge in [-0.3, -0.25) is 0 Å². The first-order chi connectivity index (χ1) is 18.2. The average molecular weight is 560 g/mol. The number of alkyl halides is 6. The minimum absolute atomic E-state index is 0.0169. The van der Waals surface area contributed by atoms with Gasteiger partial charge in [0, 0.05) is 25.4 Å². The van der Waals surface area contributed by atoms with Gasteiger partial charge in [-0.2, -0.15) is 18.2 Å². The molecule has 0 amide bonds. The van der Waals surface area contributed by atoms with Gasteiger partial charge in [-0.15, -0.1) is 13.2 Å². The van der Waals surface area contributed by atoms with E-state index in [1.165, 1.54) is 36.4 Å². The Morgan fingerprint density at radius 2 is 1.79 bits per heavy atom. The van der Waals surface area contributed by atoms with Crippen molar-refractivity contribution in [3.05, 3.63) is 76.6 Å². The molecule has 0 atom stereocenters. The second-order valence-corrected chi connectivity index (χ2v) is 9.03. The Balaban J connectivity index is 0.000000525. The smallest absolute Gasteiger partial charge is 0.388 e. The number of pyridine rings is 1. The van der Waals surface area contributed by atoms with Gasteiger partial charge in [0.05, 0.1) is 5.57 Å². The number of nitrogen functional groups attached to an aromatic ring is 1. The van der Waals surface area contributed by atoms with E-state index in [1.807, 2.05) is 26.8 Å². The lowest BCUT2D eigenvalue weighted by Gasteiger charge is -2.21. The van der Waals surface area contributed by atoms with Crippen molar-refractivity contribution in [3.63, 3.8) is 0 Å². The molecule has 2 N–H and O–H groups in total. The predicted molar refractivity (Wildman–Crippen MR) is 145 cm³/mol. The average Bonchev–Trinajstić information content (AvgIpc) is 3.04. The fourth-order valence-corrected chi connectivity index (χ4v) is 3.80. The van der Waals surface area contributed by atoms with Crippen molar-refractivity contribution in [1.29, 1.82) is 0 Å². The lowest BCUT2D eigenvalue weighted by molar-refractivity contribution is -0.276. The Morgan fingerprint density at radius 1 is 1.10 bits per heavy atom. The fraction of sp³-hybridized carbons (Fsp3) is 0.483. The zero-order valence-electron chi connectivity index (χ0n) is 23.2. The van der Waals surface area contributed by atoms with Crippen LogP contribution in [0, 0.1) is 0 Å². The lowest BCUT2D eigenvalue weighted by Crippen LogP contribution is -2.18. The molecule has 4 nitrogen and oxygen atoms in total. The summed E-state index contributed by atoms with van der Waals surface area (Å²) >= 11 is 0. The maximum absolute atomic E-state index is 13.5. The molecule has 0 aromatic carbocycles. The van der Waals surface area contributed by atoms with Crippen LogP contribution in [0.4, 0.5) is 32.2 Å². The summed E-state index contributed by atoms with van der Waals surface area (Å²) in [6, 6.07) is 3.76. The summed E-state index contributed by atoms with van der Waals surface area (Å²) in [7, 11) is 2.08. The number of hydrogen-bond acceptors (Lipinski definition) is 4. The van der Waals surface area contributed by atoms with E-state index in [-0.39, 0.29) is 5.82 Å². The Kier molecular flexibility index (Phi) is 13.9. The van der Waals surface area contributed by atoms with Crippen molar-refractivity contribution in [3.8, 4) is 5.88 Å². The number of nitrogens with two attached hydrogens (primary N) is 1. The second-order valence-electron chi connectivity index (χ2n) is 9.03. The number of hydrogen-bond donors (Lipinski definition) is 1. The van der Waals surface area contributed by atoms with Crippen LogP contribution in [0.5, 0.6) is 5.88 Å². The highest BCUT2D eigenvalue weighted by atomic mass is 19.4. The molecule has 1 aromatic heterocycles. The van der Waals surface area contributed by atoms with Crippen molar-refractivity contribution in [1.82, 2.24) is 9.88 Å². The molecule has 0 spiro atoms. The molecule has 0 aliphatic carbocycles.